The largest absolute Gasteiger partial charge is 0.309 e. The van der Waals surface area contributed by atoms with E-state index in [1.54, 1.807) is 4.68 Å². The first-order chi connectivity index (χ1) is 9.47. The molecule has 0 bridgehead atoms. The quantitative estimate of drug-likeness (QED) is 0.807. The van der Waals surface area contributed by atoms with Crippen LogP contribution in [0.15, 0.2) is 16.6 Å². The second-order valence-corrected chi connectivity index (χ2v) is 6.06. The van der Waals surface area contributed by atoms with Gasteiger partial charge in [0.05, 0.1) is 27.5 Å². The summed E-state index contributed by atoms with van der Waals surface area (Å²) in [6, 6.07) is 3.85. The van der Waals surface area contributed by atoms with E-state index in [1.165, 1.54) is 0 Å². The molecule has 0 saturated carbocycles. The Bertz CT molecular complexity index is 627. The van der Waals surface area contributed by atoms with E-state index in [0.717, 1.165) is 28.1 Å². The Balaban J connectivity index is 2.47. The van der Waals surface area contributed by atoms with E-state index in [4.69, 9.17) is 23.2 Å². The second-order valence-electron chi connectivity index (χ2n) is 4.45. The lowest BCUT2D eigenvalue weighted by atomic mass is 10.2. The molecule has 0 saturated heterocycles. The molecule has 0 aliphatic rings. The van der Waals surface area contributed by atoms with Crippen molar-refractivity contribution in [3.8, 4) is 5.69 Å². The molecule has 0 fully saturated rings. The van der Waals surface area contributed by atoms with E-state index in [2.05, 4.69) is 45.4 Å². The molecule has 1 aromatic heterocycles. The minimum atomic E-state index is 0.137. The fourth-order valence-electron chi connectivity index (χ4n) is 2.05. The van der Waals surface area contributed by atoms with Crippen molar-refractivity contribution in [1.29, 1.82) is 0 Å². The summed E-state index contributed by atoms with van der Waals surface area (Å²) in [6.07, 6.45) is 0. The number of hydrogen-bond acceptors (Lipinski definition) is 3. The maximum Gasteiger partial charge on any atom is 0.103 e. The number of hydrogen-bond donors (Lipinski definition) is 1. The number of rotatable bonds is 4. The van der Waals surface area contributed by atoms with Crippen LogP contribution >= 0.6 is 39.1 Å². The highest BCUT2D eigenvalue weighted by Gasteiger charge is 2.18. The molecule has 1 unspecified atom stereocenters. The maximum absolute atomic E-state index is 6.29. The standard InChI is InChI=1S/C13H15BrCl2N4/c1-4-17-7(2)13-8(3)20(19-18-13)10-6-5-9(14)11(15)12(10)16/h5-7,17H,4H2,1-3H3. The minimum absolute atomic E-state index is 0.137. The Labute approximate surface area is 136 Å². The summed E-state index contributed by atoms with van der Waals surface area (Å²) in [7, 11) is 0. The molecule has 4 nitrogen and oxygen atoms in total. The fourth-order valence-corrected chi connectivity index (χ4v) is 2.90. The lowest BCUT2D eigenvalue weighted by Gasteiger charge is -2.11. The summed E-state index contributed by atoms with van der Waals surface area (Å²) in [5, 5.41) is 12.7. The van der Waals surface area contributed by atoms with Gasteiger partial charge in [0, 0.05) is 4.47 Å². The van der Waals surface area contributed by atoms with Crippen LogP contribution in [0, 0.1) is 6.92 Å². The second kappa shape index (κ2) is 6.43. The van der Waals surface area contributed by atoms with Gasteiger partial charge in [0.15, 0.2) is 0 Å². The van der Waals surface area contributed by atoms with Crippen molar-refractivity contribution >= 4 is 39.1 Å². The number of nitrogens with one attached hydrogen (secondary N) is 1. The molecular weight excluding hydrogens is 363 g/mol. The third-order valence-electron chi connectivity index (χ3n) is 3.09. The van der Waals surface area contributed by atoms with Crippen molar-refractivity contribution in [3.05, 3.63) is 38.0 Å². The molecule has 1 aromatic carbocycles. The summed E-state index contributed by atoms with van der Waals surface area (Å²) in [4.78, 5) is 0. The van der Waals surface area contributed by atoms with Gasteiger partial charge in [0.2, 0.25) is 0 Å². The van der Waals surface area contributed by atoms with Gasteiger partial charge < -0.3 is 5.32 Å². The van der Waals surface area contributed by atoms with Crippen LogP contribution < -0.4 is 5.32 Å². The molecule has 2 aromatic rings. The van der Waals surface area contributed by atoms with Gasteiger partial charge >= 0.3 is 0 Å². The molecule has 0 spiro atoms. The van der Waals surface area contributed by atoms with Crippen LogP contribution in [-0.2, 0) is 0 Å². The van der Waals surface area contributed by atoms with Crippen molar-refractivity contribution in [2.75, 3.05) is 6.54 Å². The van der Waals surface area contributed by atoms with Crippen molar-refractivity contribution in [2.45, 2.75) is 26.8 Å². The molecule has 7 heteroatoms. The molecular formula is C13H15BrCl2N4. The molecule has 1 atom stereocenters. The smallest absolute Gasteiger partial charge is 0.103 e. The zero-order valence-corrected chi connectivity index (χ0v) is 14.5. The minimum Gasteiger partial charge on any atom is -0.309 e. The average molecular weight is 378 g/mol. The highest BCUT2D eigenvalue weighted by atomic mass is 79.9. The molecule has 108 valence electrons. The maximum atomic E-state index is 6.29. The van der Waals surface area contributed by atoms with Crippen molar-refractivity contribution in [3.63, 3.8) is 0 Å². The van der Waals surface area contributed by atoms with Crippen LogP contribution in [0.3, 0.4) is 0 Å². The van der Waals surface area contributed by atoms with Gasteiger partial charge in [-0.15, -0.1) is 5.10 Å². The van der Waals surface area contributed by atoms with Crippen LogP contribution in [0.1, 0.15) is 31.3 Å². The summed E-state index contributed by atoms with van der Waals surface area (Å²) >= 11 is 15.8. The predicted octanol–water partition coefficient (Wildman–Crippen LogP) is 4.32. The number of nitrogens with zero attached hydrogens (tertiary/aromatic N) is 3. The highest BCUT2D eigenvalue weighted by Crippen LogP contribution is 2.35. The zero-order chi connectivity index (χ0) is 14.9. The summed E-state index contributed by atoms with van der Waals surface area (Å²) < 4.78 is 2.47. The van der Waals surface area contributed by atoms with E-state index in [0.29, 0.717) is 10.0 Å². The molecule has 0 aliphatic carbocycles. The van der Waals surface area contributed by atoms with Gasteiger partial charge in [0.1, 0.15) is 5.69 Å². The first kappa shape index (κ1) is 15.8. The molecule has 1 heterocycles. The Kier molecular flexibility index (Phi) is 5.07. The van der Waals surface area contributed by atoms with Crippen molar-refractivity contribution < 1.29 is 0 Å². The van der Waals surface area contributed by atoms with E-state index in [9.17, 15) is 0 Å². The lowest BCUT2D eigenvalue weighted by molar-refractivity contribution is 0.579. The number of aromatic nitrogens is 3. The van der Waals surface area contributed by atoms with Crippen LogP contribution in [0.4, 0.5) is 0 Å². The predicted molar refractivity (Wildman–Crippen MR) is 85.9 cm³/mol. The SMILES string of the molecule is CCNC(C)c1nnn(-c2ccc(Br)c(Cl)c2Cl)c1C. The van der Waals surface area contributed by atoms with Gasteiger partial charge in [-0.05, 0) is 48.5 Å². The highest BCUT2D eigenvalue weighted by molar-refractivity contribution is 9.10. The Morgan fingerprint density at radius 3 is 2.70 bits per heavy atom. The average Bonchev–Trinajstić information content (AvgIpc) is 2.79. The van der Waals surface area contributed by atoms with Crippen LogP contribution in [0.25, 0.3) is 5.69 Å². The van der Waals surface area contributed by atoms with Gasteiger partial charge in [0.25, 0.3) is 0 Å². The number of benzene rings is 1. The molecule has 1 N–H and O–H groups in total. The topological polar surface area (TPSA) is 42.7 Å². The van der Waals surface area contributed by atoms with Crippen LogP contribution in [0.5, 0.6) is 0 Å². The van der Waals surface area contributed by atoms with E-state index in [1.807, 2.05) is 19.1 Å². The normalized spacial score (nSPS) is 12.7. The molecule has 0 amide bonds. The Morgan fingerprint density at radius 2 is 2.05 bits per heavy atom. The molecule has 20 heavy (non-hydrogen) atoms. The Morgan fingerprint density at radius 1 is 1.35 bits per heavy atom. The van der Waals surface area contributed by atoms with Crippen molar-refractivity contribution in [1.82, 2.24) is 20.3 Å². The summed E-state index contributed by atoms with van der Waals surface area (Å²) in [6.45, 7) is 6.95. The first-order valence-electron chi connectivity index (χ1n) is 6.26. The monoisotopic (exact) mass is 376 g/mol. The third kappa shape index (κ3) is 2.86. The summed E-state index contributed by atoms with van der Waals surface area (Å²) in [5.74, 6) is 0. The van der Waals surface area contributed by atoms with Crippen molar-refractivity contribution in [2.24, 2.45) is 0 Å². The Hall–Kier alpha value is -0.620. The zero-order valence-electron chi connectivity index (χ0n) is 11.4. The number of halogens is 3. The molecule has 0 aliphatic heterocycles. The van der Waals surface area contributed by atoms with Gasteiger partial charge in [-0.1, -0.05) is 35.3 Å². The molecule has 0 radical (unpaired) electrons. The third-order valence-corrected chi connectivity index (χ3v) is 4.85. The molecule has 2 rings (SSSR count). The van der Waals surface area contributed by atoms with Crippen LogP contribution in [-0.4, -0.2) is 21.5 Å². The lowest BCUT2D eigenvalue weighted by Crippen LogP contribution is -2.19. The van der Waals surface area contributed by atoms with Gasteiger partial charge in [-0.3, -0.25) is 0 Å². The van der Waals surface area contributed by atoms with Crippen LogP contribution in [0.2, 0.25) is 10.0 Å². The van der Waals surface area contributed by atoms with E-state index in [-0.39, 0.29) is 6.04 Å². The van der Waals surface area contributed by atoms with E-state index < -0.39 is 0 Å². The summed E-state index contributed by atoms with van der Waals surface area (Å²) in [5.41, 5.74) is 2.57. The van der Waals surface area contributed by atoms with E-state index >= 15 is 0 Å². The van der Waals surface area contributed by atoms with Gasteiger partial charge in [-0.25, -0.2) is 4.68 Å². The first-order valence-corrected chi connectivity index (χ1v) is 7.81. The van der Waals surface area contributed by atoms with Gasteiger partial charge in [-0.2, -0.15) is 0 Å². The fraction of sp³-hybridized carbons (Fsp3) is 0.385.